The van der Waals surface area contributed by atoms with Gasteiger partial charge in [-0.3, -0.25) is 9.89 Å². The number of aromatic nitrogens is 2. The predicted octanol–water partition coefficient (Wildman–Crippen LogP) is 2.97. The zero-order valence-electron chi connectivity index (χ0n) is 9.53. The summed E-state index contributed by atoms with van der Waals surface area (Å²) in [6.45, 7) is 1.85. The van der Waals surface area contributed by atoms with Crippen LogP contribution >= 0.6 is 11.6 Å². The first-order chi connectivity index (χ1) is 8.20. The summed E-state index contributed by atoms with van der Waals surface area (Å²) in [6.07, 6.45) is 2.46. The van der Waals surface area contributed by atoms with E-state index in [9.17, 15) is 4.79 Å². The molecule has 0 radical (unpaired) electrons. The van der Waals surface area contributed by atoms with Gasteiger partial charge >= 0.3 is 0 Å². The van der Waals surface area contributed by atoms with E-state index in [4.69, 9.17) is 11.6 Å². The summed E-state index contributed by atoms with van der Waals surface area (Å²) in [5.41, 5.74) is 3.52. The van der Waals surface area contributed by atoms with Gasteiger partial charge in [-0.25, -0.2) is 0 Å². The molecule has 0 amide bonds. The third kappa shape index (κ3) is 2.74. The van der Waals surface area contributed by atoms with Gasteiger partial charge in [0, 0.05) is 10.7 Å². The Labute approximate surface area is 105 Å². The van der Waals surface area contributed by atoms with E-state index in [1.54, 1.807) is 0 Å². The lowest BCUT2D eigenvalue weighted by Gasteiger charge is -2.00. The van der Waals surface area contributed by atoms with Crippen LogP contribution in [0.3, 0.4) is 0 Å². The summed E-state index contributed by atoms with van der Waals surface area (Å²) >= 11 is 5.82. The highest BCUT2D eigenvalue weighted by Crippen LogP contribution is 2.14. The highest BCUT2D eigenvalue weighted by molar-refractivity contribution is 6.30. The summed E-state index contributed by atoms with van der Waals surface area (Å²) in [5, 5.41) is 7.70. The number of rotatable bonds is 4. The van der Waals surface area contributed by atoms with E-state index in [2.05, 4.69) is 10.2 Å². The summed E-state index contributed by atoms with van der Waals surface area (Å²) in [6, 6.07) is 7.71. The van der Waals surface area contributed by atoms with Gasteiger partial charge in [0.05, 0.1) is 11.3 Å². The fraction of sp³-hybridized carbons (Fsp3) is 0.231. The fourth-order valence-electron chi connectivity index (χ4n) is 1.75. The SMILES string of the molecule is Cc1[nH]nc(CCc2ccc(Cl)cc2)c1C=O. The second kappa shape index (κ2) is 5.15. The Bertz CT molecular complexity index is 517. The van der Waals surface area contributed by atoms with Crippen LogP contribution < -0.4 is 0 Å². The molecule has 2 aromatic rings. The van der Waals surface area contributed by atoms with Crippen LogP contribution in [0.25, 0.3) is 0 Å². The van der Waals surface area contributed by atoms with Crippen molar-refractivity contribution in [1.29, 1.82) is 0 Å². The van der Waals surface area contributed by atoms with Gasteiger partial charge in [0.15, 0.2) is 6.29 Å². The van der Waals surface area contributed by atoms with E-state index in [0.29, 0.717) is 5.56 Å². The molecule has 0 aliphatic heterocycles. The van der Waals surface area contributed by atoms with Crippen LogP contribution in [0.4, 0.5) is 0 Å². The van der Waals surface area contributed by atoms with Crippen molar-refractivity contribution in [2.24, 2.45) is 0 Å². The molecule has 0 saturated heterocycles. The Morgan fingerprint density at radius 3 is 2.65 bits per heavy atom. The molecule has 1 N–H and O–H groups in total. The number of aryl methyl sites for hydroxylation is 3. The maximum atomic E-state index is 10.9. The average molecular weight is 249 g/mol. The number of hydrogen-bond donors (Lipinski definition) is 1. The van der Waals surface area contributed by atoms with Crippen molar-refractivity contribution in [3.05, 3.63) is 51.8 Å². The molecule has 0 fully saturated rings. The minimum Gasteiger partial charge on any atom is -0.298 e. The molecule has 1 aromatic heterocycles. The second-order valence-electron chi connectivity index (χ2n) is 3.95. The quantitative estimate of drug-likeness (QED) is 0.846. The molecule has 0 aliphatic rings. The van der Waals surface area contributed by atoms with Gasteiger partial charge in [-0.1, -0.05) is 23.7 Å². The van der Waals surface area contributed by atoms with Crippen molar-refractivity contribution in [2.45, 2.75) is 19.8 Å². The van der Waals surface area contributed by atoms with Crippen LogP contribution in [0.1, 0.15) is 27.3 Å². The van der Waals surface area contributed by atoms with Crippen molar-refractivity contribution in [3.63, 3.8) is 0 Å². The molecule has 3 nitrogen and oxygen atoms in total. The first-order valence-electron chi connectivity index (χ1n) is 5.44. The minimum atomic E-state index is 0.680. The molecular weight excluding hydrogens is 236 g/mol. The number of carbonyl (C=O) groups excluding carboxylic acids is 1. The van der Waals surface area contributed by atoms with E-state index < -0.39 is 0 Å². The fourth-order valence-corrected chi connectivity index (χ4v) is 1.87. The van der Waals surface area contributed by atoms with Crippen LogP contribution in [0, 0.1) is 6.92 Å². The van der Waals surface area contributed by atoms with Crippen molar-refractivity contribution in [1.82, 2.24) is 10.2 Å². The second-order valence-corrected chi connectivity index (χ2v) is 4.39. The minimum absolute atomic E-state index is 0.680. The van der Waals surface area contributed by atoms with E-state index in [0.717, 1.165) is 35.5 Å². The lowest BCUT2D eigenvalue weighted by Crippen LogP contribution is -1.95. The lowest BCUT2D eigenvalue weighted by molar-refractivity contribution is 0.112. The van der Waals surface area contributed by atoms with Crippen molar-refractivity contribution < 1.29 is 4.79 Å². The molecule has 0 atom stereocenters. The van der Waals surface area contributed by atoms with Gasteiger partial charge in [-0.2, -0.15) is 5.10 Å². The zero-order valence-corrected chi connectivity index (χ0v) is 10.3. The van der Waals surface area contributed by atoms with E-state index >= 15 is 0 Å². The van der Waals surface area contributed by atoms with Crippen molar-refractivity contribution in [2.75, 3.05) is 0 Å². The maximum Gasteiger partial charge on any atom is 0.153 e. The number of H-pyrrole nitrogens is 1. The molecule has 0 saturated carbocycles. The molecule has 88 valence electrons. The monoisotopic (exact) mass is 248 g/mol. The maximum absolute atomic E-state index is 10.9. The zero-order chi connectivity index (χ0) is 12.3. The molecule has 2 rings (SSSR count). The van der Waals surface area contributed by atoms with Gasteiger partial charge in [0.2, 0.25) is 0 Å². The normalized spacial score (nSPS) is 10.5. The smallest absolute Gasteiger partial charge is 0.153 e. The Balaban J connectivity index is 2.07. The van der Waals surface area contributed by atoms with Gasteiger partial charge in [0.1, 0.15) is 0 Å². The standard InChI is InChI=1S/C13H13ClN2O/c1-9-12(8-17)13(16-15-9)7-4-10-2-5-11(14)6-3-10/h2-3,5-6,8H,4,7H2,1H3,(H,15,16). The Morgan fingerprint density at radius 1 is 1.29 bits per heavy atom. The van der Waals surface area contributed by atoms with E-state index in [-0.39, 0.29) is 0 Å². The summed E-state index contributed by atoms with van der Waals surface area (Å²) in [5.74, 6) is 0. The molecule has 1 heterocycles. The number of nitrogens with zero attached hydrogens (tertiary/aromatic N) is 1. The predicted molar refractivity (Wildman–Crippen MR) is 67.6 cm³/mol. The highest BCUT2D eigenvalue weighted by Gasteiger charge is 2.08. The number of aldehydes is 1. The van der Waals surface area contributed by atoms with Crippen molar-refractivity contribution in [3.8, 4) is 0 Å². The first kappa shape index (κ1) is 11.9. The Kier molecular flexibility index (Phi) is 3.59. The number of nitrogens with one attached hydrogen (secondary N) is 1. The number of hydrogen-bond acceptors (Lipinski definition) is 2. The van der Waals surface area contributed by atoms with Crippen LogP contribution in [-0.4, -0.2) is 16.5 Å². The van der Waals surface area contributed by atoms with Crippen molar-refractivity contribution >= 4 is 17.9 Å². The molecule has 0 unspecified atom stereocenters. The Hall–Kier alpha value is -1.61. The number of carbonyl (C=O) groups is 1. The average Bonchev–Trinajstić information content (AvgIpc) is 2.69. The van der Waals surface area contributed by atoms with Gasteiger partial charge in [-0.15, -0.1) is 0 Å². The van der Waals surface area contributed by atoms with Gasteiger partial charge in [0.25, 0.3) is 0 Å². The highest BCUT2D eigenvalue weighted by atomic mass is 35.5. The lowest BCUT2D eigenvalue weighted by atomic mass is 10.1. The number of benzene rings is 1. The molecule has 0 aliphatic carbocycles. The third-order valence-corrected chi connectivity index (χ3v) is 3.01. The first-order valence-corrected chi connectivity index (χ1v) is 5.82. The van der Waals surface area contributed by atoms with E-state index in [1.807, 2.05) is 31.2 Å². The van der Waals surface area contributed by atoms with Crippen LogP contribution in [0.5, 0.6) is 0 Å². The molecule has 4 heteroatoms. The summed E-state index contributed by atoms with van der Waals surface area (Å²) < 4.78 is 0. The summed E-state index contributed by atoms with van der Waals surface area (Å²) in [7, 11) is 0. The van der Waals surface area contributed by atoms with Crippen LogP contribution in [0.15, 0.2) is 24.3 Å². The molecular formula is C13H13ClN2O. The third-order valence-electron chi connectivity index (χ3n) is 2.76. The topological polar surface area (TPSA) is 45.8 Å². The van der Waals surface area contributed by atoms with Crippen LogP contribution in [-0.2, 0) is 12.8 Å². The molecule has 17 heavy (non-hydrogen) atoms. The van der Waals surface area contributed by atoms with Crippen LogP contribution in [0.2, 0.25) is 5.02 Å². The van der Waals surface area contributed by atoms with E-state index in [1.165, 1.54) is 5.56 Å². The van der Waals surface area contributed by atoms with Gasteiger partial charge < -0.3 is 0 Å². The number of halogens is 1. The molecule has 0 bridgehead atoms. The summed E-state index contributed by atoms with van der Waals surface area (Å²) in [4.78, 5) is 10.9. The molecule has 0 spiro atoms. The number of aromatic amines is 1. The largest absolute Gasteiger partial charge is 0.298 e. The Morgan fingerprint density at radius 2 is 2.00 bits per heavy atom. The molecule has 1 aromatic carbocycles. The van der Waals surface area contributed by atoms with Gasteiger partial charge in [-0.05, 0) is 37.5 Å².